The molecule has 3 N–H and O–H groups in total. The molecule has 6 nitrogen and oxygen atoms in total. The van der Waals surface area contributed by atoms with Crippen molar-refractivity contribution in [3.63, 3.8) is 0 Å². The summed E-state index contributed by atoms with van der Waals surface area (Å²) in [5.41, 5.74) is 6.82. The fraction of sp³-hybridized carbons (Fsp3) is 0.250. The highest BCUT2D eigenvalue weighted by atomic mass is 16.1. The van der Waals surface area contributed by atoms with E-state index >= 15 is 0 Å². The second-order valence-electron chi connectivity index (χ2n) is 3.88. The van der Waals surface area contributed by atoms with Crippen molar-refractivity contribution in [2.24, 2.45) is 0 Å². The Labute approximate surface area is 105 Å². The third-order valence-electron chi connectivity index (χ3n) is 2.41. The van der Waals surface area contributed by atoms with Crippen molar-refractivity contribution in [1.82, 2.24) is 20.1 Å². The number of hydrogen-bond donors (Lipinski definition) is 2. The molecular formula is C12H15N5O. The first-order chi connectivity index (χ1) is 8.74. The molecule has 1 amide bonds. The maximum Gasteiger partial charge on any atom is 0.226 e. The Kier molecular flexibility index (Phi) is 3.90. The Hall–Kier alpha value is -2.37. The van der Waals surface area contributed by atoms with E-state index in [9.17, 15) is 4.79 Å². The molecule has 0 fully saturated rings. The average Bonchev–Trinajstić information content (AvgIpc) is 2.85. The summed E-state index contributed by atoms with van der Waals surface area (Å²) in [6.07, 6.45) is 5.37. The summed E-state index contributed by atoms with van der Waals surface area (Å²) in [6, 6.07) is 5.34. The minimum absolute atomic E-state index is 0.0561. The summed E-state index contributed by atoms with van der Waals surface area (Å²) in [5.74, 6) is -0.0561. The lowest BCUT2D eigenvalue weighted by Crippen LogP contribution is -2.28. The first-order valence-corrected chi connectivity index (χ1v) is 5.68. The first-order valence-electron chi connectivity index (χ1n) is 5.68. The fourth-order valence-corrected chi connectivity index (χ4v) is 1.51. The second kappa shape index (κ2) is 5.81. The van der Waals surface area contributed by atoms with Crippen molar-refractivity contribution in [1.29, 1.82) is 0 Å². The van der Waals surface area contributed by atoms with Crippen molar-refractivity contribution in [3.05, 3.63) is 42.5 Å². The summed E-state index contributed by atoms with van der Waals surface area (Å²) in [6.45, 7) is 1.21. The predicted molar refractivity (Wildman–Crippen MR) is 67.6 cm³/mol. The van der Waals surface area contributed by atoms with Gasteiger partial charge in [0.2, 0.25) is 5.91 Å². The molecule has 0 saturated heterocycles. The van der Waals surface area contributed by atoms with Crippen LogP contribution in [0.25, 0.3) is 0 Å². The molecule has 2 aromatic rings. The van der Waals surface area contributed by atoms with Gasteiger partial charge in [-0.05, 0) is 18.2 Å². The molecule has 0 saturated carbocycles. The van der Waals surface area contributed by atoms with Crippen LogP contribution in [-0.4, -0.2) is 27.2 Å². The van der Waals surface area contributed by atoms with E-state index in [-0.39, 0.29) is 12.3 Å². The standard InChI is InChI=1S/C12H15N5O/c13-10-2-3-11(15-9-10)8-12(18)14-5-7-17-6-1-4-16-17/h1-4,6,9H,5,7-8,13H2,(H,14,18). The summed E-state index contributed by atoms with van der Waals surface area (Å²) < 4.78 is 1.77. The van der Waals surface area contributed by atoms with Gasteiger partial charge in [0, 0.05) is 24.6 Å². The number of aromatic nitrogens is 3. The number of nitrogens with zero attached hydrogens (tertiary/aromatic N) is 3. The molecule has 2 heterocycles. The lowest BCUT2D eigenvalue weighted by Gasteiger charge is -2.05. The Bertz CT molecular complexity index is 492. The smallest absolute Gasteiger partial charge is 0.226 e. The number of nitrogens with two attached hydrogens (primary N) is 1. The number of carbonyl (C=O) groups excluding carboxylic acids is 1. The number of anilines is 1. The third-order valence-corrected chi connectivity index (χ3v) is 2.41. The van der Waals surface area contributed by atoms with Gasteiger partial charge in [-0.25, -0.2) is 0 Å². The predicted octanol–water partition coefficient (Wildman–Crippen LogP) is 0.219. The van der Waals surface area contributed by atoms with E-state index in [1.165, 1.54) is 0 Å². The molecule has 0 radical (unpaired) electrons. The van der Waals surface area contributed by atoms with E-state index in [1.54, 1.807) is 29.2 Å². The largest absolute Gasteiger partial charge is 0.397 e. The van der Waals surface area contributed by atoms with Crippen LogP contribution in [0.1, 0.15) is 5.69 Å². The van der Waals surface area contributed by atoms with Crippen molar-refractivity contribution < 1.29 is 4.79 Å². The van der Waals surface area contributed by atoms with E-state index in [0.717, 1.165) is 0 Å². The summed E-state index contributed by atoms with van der Waals surface area (Å²) >= 11 is 0. The van der Waals surface area contributed by atoms with Gasteiger partial charge in [0.25, 0.3) is 0 Å². The zero-order valence-electron chi connectivity index (χ0n) is 9.91. The van der Waals surface area contributed by atoms with Crippen LogP contribution in [0.2, 0.25) is 0 Å². The molecule has 2 rings (SSSR count). The minimum atomic E-state index is -0.0561. The minimum Gasteiger partial charge on any atom is -0.397 e. The van der Waals surface area contributed by atoms with E-state index in [4.69, 9.17) is 5.73 Å². The van der Waals surface area contributed by atoms with Gasteiger partial charge in [-0.2, -0.15) is 5.10 Å². The van der Waals surface area contributed by atoms with E-state index in [2.05, 4.69) is 15.4 Å². The van der Waals surface area contributed by atoms with Gasteiger partial charge in [0.1, 0.15) is 0 Å². The van der Waals surface area contributed by atoms with Crippen molar-refractivity contribution >= 4 is 11.6 Å². The summed E-state index contributed by atoms with van der Waals surface area (Å²) in [7, 11) is 0. The number of pyridine rings is 1. The highest BCUT2D eigenvalue weighted by Gasteiger charge is 2.03. The number of carbonyl (C=O) groups is 1. The molecule has 6 heteroatoms. The summed E-state index contributed by atoms with van der Waals surface area (Å²) in [5, 5.41) is 6.86. The molecule has 0 atom stereocenters. The van der Waals surface area contributed by atoms with Crippen LogP contribution in [0.3, 0.4) is 0 Å². The van der Waals surface area contributed by atoms with Crippen LogP contribution in [0.4, 0.5) is 5.69 Å². The number of nitrogen functional groups attached to an aromatic ring is 1. The quantitative estimate of drug-likeness (QED) is 0.789. The molecule has 0 bridgehead atoms. The van der Waals surface area contributed by atoms with Gasteiger partial charge in [-0.3, -0.25) is 14.5 Å². The Morgan fingerprint density at radius 1 is 1.44 bits per heavy atom. The third kappa shape index (κ3) is 3.58. The van der Waals surface area contributed by atoms with Crippen molar-refractivity contribution in [3.8, 4) is 0 Å². The van der Waals surface area contributed by atoms with Crippen molar-refractivity contribution in [2.45, 2.75) is 13.0 Å². The molecule has 0 aliphatic carbocycles. The molecule has 0 aliphatic rings. The average molecular weight is 245 g/mol. The summed E-state index contributed by atoms with van der Waals surface area (Å²) in [4.78, 5) is 15.7. The molecule has 18 heavy (non-hydrogen) atoms. The molecule has 0 unspecified atom stereocenters. The molecule has 2 aromatic heterocycles. The zero-order chi connectivity index (χ0) is 12.8. The Balaban J connectivity index is 1.73. The van der Waals surface area contributed by atoms with Crippen LogP contribution < -0.4 is 11.1 Å². The van der Waals surface area contributed by atoms with Crippen LogP contribution in [-0.2, 0) is 17.8 Å². The number of hydrogen-bond acceptors (Lipinski definition) is 4. The highest BCUT2D eigenvalue weighted by molar-refractivity contribution is 5.78. The number of nitrogens with one attached hydrogen (secondary N) is 1. The SMILES string of the molecule is Nc1ccc(CC(=O)NCCn2cccn2)nc1. The van der Waals surface area contributed by atoms with E-state index < -0.39 is 0 Å². The van der Waals surface area contributed by atoms with E-state index in [1.807, 2.05) is 12.3 Å². The first kappa shape index (κ1) is 12.1. The Morgan fingerprint density at radius 2 is 2.33 bits per heavy atom. The molecule has 0 spiro atoms. The zero-order valence-corrected chi connectivity index (χ0v) is 9.91. The highest BCUT2D eigenvalue weighted by Crippen LogP contribution is 2.01. The number of rotatable bonds is 5. The van der Waals surface area contributed by atoms with Crippen LogP contribution in [0.5, 0.6) is 0 Å². The van der Waals surface area contributed by atoms with Gasteiger partial charge in [0.15, 0.2) is 0 Å². The number of amides is 1. The van der Waals surface area contributed by atoms with Gasteiger partial charge >= 0.3 is 0 Å². The van der Waals surface area contributed by atoms with Crippen LogP contribution >= 0.6 is 0 Å². The molecule has 0 aromatic carbocycles. The van der Waals surface area contributed by atoms with Crippen molar-refractivity contribution in [2.75, 3.05) is 12.3 Å². The Morgan fingerprint density at radius 3 is 3.00 bits per heavy atom. The monoisotopic (exact) mass is 245 g/mol. The second-order valence-corrected chi connectivity index (χ2v) is 3.88. The topological polar surface area (TPSA) is 85.8 Å². The van der Waals surface area contributed by atoms with Crippen LogP contribution in [0.15, 0.2) is 36.8 Å². The van der Waals surface area contributed by atoms with Gasteiger partial charge in [-0.1, -0.05) is 0 Å². The molecule has 0 aliphatic heterocycles. The molecule has 94 valence electrons. The van der Waals surface area contributed by atoms with Gasteiger partial charge < -0.3 is 11.1 Å². The van der Waals surface area contributed by atoms with Crippen LogP contribution in [0, 0.1) is 0 Å². The lowest BCUT2D eigenvalue weighted by atomic mass is 10.2. The van der Waals surface area contributed by atoms with E-state index in [0.29, 0.717) is 24.5 Å². The maximum atomic E-state index is 11.6. The van der Waals surface area contributed by atoms with Gasteiger partial charge in [0.05, 0.1) is 24.8 Å². The lowest BCUT2D eigenvalue weighted by molar-refractivity contribution is -0.120. The molecular weight excluding hydrogens is 230 g/mol. The van der Waals surface area contributed by atoms with Gasteiger partial charge in [-0.15, -0.1) is 0 Å². The fourth-order valence-electron chi connectivity index (χ4n) is 1.51. The maximum absolute atomic E-state index is 11.6. The normalized spacial score (nSPS) is 10.2.